The molecule has 0 bridgehead atoms. The fraction of sp³-hybridized carbons (Fsp3) is 0.440. The van der Waals surface area contributed by atoms with Crippen LogP contribution in [0.25, 0.3) is 11.1 Å². The molecule has 5 rings (SSSR count). The molecule has 1 aromatic heterocycles. The summed E-state index contributed by atoms with van der Waals surface area (Å²) in [7, 11) is 0. The highest BCUT2D eigenvalue weighted by molar-refractivity contribution is 6.37. The van der Waals surface area contributed by atoms with Crippen LogP contribution in [0.3, 0.4) is 0 Å². The second-order valence-corrected chi connectivity index (χ2v) is 8.96. The normalized spacial score (nSPS) is 20.2. The van der Waals surface area contributed by atoms with Crippen molar-refractivity contribution in [3.8, 4) is 0 Å². The van der Waals surface area contributed by atoms with Crippen molar-refractivity contribution in [2.24, 2.45) is 0 Å². The van der Waals surface area contributed by atoms with Gasteiger partial charge in [-0.1, -0.05) is 6.07 Å². The minimum absolute atomic E-state index is 0.0740. The molecule has 168 valence electrons. The third kappa shape index (κ3) is 3.64. The number of benzene rings is 1. The van der Waals surface area contributed by atoms with Crippen molar-refractivity contribution in [1.29, 1.82) is 0 Å². The molecule has 1 aromatic carbocycles. The number of aromatic nitrogens is 1. The Morgan fingerprint density at radius 2 is 2.00 bits per heavy atom. The van der Waals surface area contributed by atoms with Gasteiger partial charge in [-0.05, 0) is 88.4 Å². The molecule has 7 heteroatoms. The van der Waals surface area contributed by atoms with Gasteiger partial charge in [0.15, 0.2) is 0 Å². The standard InChI is InChI=1S/C25H29FN4O2/c1-15-20(24(31)27-11-6-14-30-12-2-3-13-30)16-7-4-8-17(23(16)28-15)21-22-18(26)9-5-10-19(22)29-25(21)32/h5,9-10,28H,2-4,6-8,11-14H2,1H3,(H,27,31)(H,29,32). The molecule has 0 saturated carbocycles. The minimum atomic E-state index is -0.408. The quantitative estimate of drug-likeness (QED) is 0.492. The third-order valence-corrected chi connectivity index (χ3v) is 6.85. The van der Waals surface area contributed by atoms with Crippen LogP contribution in [0.2, 0.25) is 0 Å². The summed E-state index contributed by atoms with van der Waals surface area (Å²) in [5.74, 6) is -0.766. The number of nitrogens with zero attached hydrogens (tertiary/aromatic N) is 1. The van der Waals surface area contributed by atoms with Crippen LogP contribution in [0.4, 0.5) is 10.1 Å². The Hall–Kier alpha value is -2.93. The molecule has 0 unspecified atom stereocenters. The Kier molecular flexibility index (Phi) is 5.59. The van der Waals surface area contributed by atoms with Gasteiger partial charge in [-0.25, -0.2) is 4.39 Å². The highest BCUT2D eigenvalue weighted by atomic mass is 19.1. The van der Waals surface area contributed by atoms with Crippen LogP contribution in [0.5, 0.6) is 0 Å². The zero-order valence-corrected chi connectivity index (χ0v) is 18.4. The van der Waals surface area contributed by atoms with Crippen molar-refractivity contribution < 1.29 is 14.0 Å². The Balaban J connectivity index is 1.41. The Labute approximate surface area is 187 Å². The van der Waals surface area contributed by atoms with E-state index in [1.807, 2.05) is 6.92 Å². The topological polar surface area (TPSA) is 77.2 Å². The number of carbonyl (C=O) groups is 2. The summed E-state index contributed by atoms with van der Waals surface area (Å²) in [6.45, 7) is 5.87. The lowest BCUT2D eigenvalue weighted by Gasteiger charge is -2.19. The van der Waals surface area contributed by atoms with Gasteiger partial charge in [0.2, 0.25) is 0 Å². The molecule has 0 spiro atoms. The van der Waals surface area contributed by atoms with Crippen LogP contribution < -0.4 is 10.6 Å². The van der Waals surface area contributed by atoms with Gasteiger partial charge in [-0.2, -0.15) is 0 Å². The number of anilines is 1. The number of fused-ring (bicyclic) bond motifs is 2. The molecular weight excluding hydrogens is 407 g/mol. The highest BCUT2D eigenvalue weighted by Crippen LogP contribution is 2.43. The summed E-state index contributed by atoms with van der Waals surface area (Å²) < 4.78 is 14.6. The zero-order valence-electron chi connectivity index (χ0n) is 18.4. The number of rotatable bonds is 5. The van der Waals surface area contributed by atoms with Crippen LogP contribution in [0, 0.1) is 12.7 Å². The summed E-state index contributed by atoms with van der Waals surface area (Å²) in [5.41, 5.74) is 5.22. The first kappa shape index (κ1) is 20.9. The number of aryl methyl sites for hydroxylation is 1. The van der Waals surface area contributed by atoms with Crippen LogP contribution in [0.1, 0.15) is 65.0 Å². The molecule has 2 amide bonds. The first-order valence-electron chi connectivity index (χ1n) is 11.6. The smallest absolute Gasteiger partial charge is 0.256 e. The number of hydrogen-bond acceptors (Lipinski definition) is 3. The van der Waals surface area contributed by atoms with E-state index in [1.54, 1.807) is 12.1 Å². The van der Waals surface area contributed by atoms with Crippen molar-refractivity contribution in [3.05, 3.63) is 52.1 Å². The van der Waals surface area contributed by atoms with Gasteiger partial charge in [0.1, 0.15) is 5.82 Å². The van der Waals surface area contributed by atoms with E-state index in [0.29, 0.717) is 35.4 Å². The van der Waals surface area contributed by atoms with E-state index in [0.717, 1.165) is 61.4 Å². The Bertz CT molecular complexity index is 1110. The average Bonchev–Trinajstić information content (AvgIpc) is 3.48. The first-order valence-corrected chi connectivity index (χ1v) is 11.6. The molecule has 2 aliphatic heterocycles. The first-order chi connectivity index (χ1) is 15.5. The maximum atomic E-state index is 14.6. The van der Waals surface area contributed by atoms with Crippen LogP contribution >= 0.6 is 0 Å². The third-order valence-electron chi connectivity index (χ3n) is 6.85. The summed E-state index contributed by atoms with van der Waals surface area (Å²) in [6, 6.07) is 4.69. The molecule has 1 saturated heterocycles. The molecule has 32 heavy (non-hydrogen) atoms. The van der Waals surface area contributed by atoms with E-state index < -0.39 is 5.82 Å². The second kappa shape index (κ2) is 8.54. The largest absolute Gasteiger partial charge is 0.358 e. The maximum absolute atomic E-state index is 14.6. The van der Waals surface area contributed by atoms with Crippen LogP contribution in [0.15, 0.2) is 18.2 Å². The number of H-pyrrole nitrogens is 1. The summed E-state index contributed by atoms with van der Waals surface area (Å²) in [4.78, 5) is 31.6. The SMILES string of the molecule is Cc1[nH]c2c(c1C(=O)NCCCN1CCCC1)CCCC2=C1C(=O)Nc2cccc(F)c21. The summed E-state index contributed by atoms with van der Waals surface area (Å²) >= 11 is 0. The Morgan fingerprint density at radius 1 is 1.19 bits per heavy atom. The number of nitrogens with one attached hydrogen (secondary N) is 3. The van der Waals surface area contributed by atoms with Gasteiger partial charge in [0.05, 0.1) is 16.8 Å². The molecular formula is C25H29FN4O2. The molecule has 3 N–H and O–H groups in total. The molecule has 2 aromatic rings. The lowest BCUT2D eigenvalue weighted by atomic mass is 9.86. The van der Waals surface area contributed by atoms with Crippen LogP contribution in [-0.2, 0) is 11.2 Å². The number of amides is 2. The van der Waals surface area contributed by atoms with Crippen molar-refractivity contribution >= 4 is 28.6 Å². The van der Waals surface area contributed by atoms with Gasteiger partial charge in [-0.3, -0.25) is 9.59 Å². The molecule has 0 radical (unpaired) electrons. The van der Waals surface area contributed by atoms with E-state index in [9.17, 15) is 14.0 Å². The number of likely N-dealkylation sites (tertiary alicyclic amines) is 1. The molecule has 3 aliphatic rings. The van der Waals surface area contributed by atoms with E-state index in [4.69, 9.17) is 0 Å². The van der Waals surface area contributed by atoms with Gasteiger partial charge >= 0.3 is 0 Å². The van der Waals surface area contributed by atoms with E-state index >= 15 is 0 Å². The van der Waals surface area contributed by atoms with Crippen molar-refractivity contribution in [2.75, 3.05) is 31.5 Å². The number of aromatic amines is 1. The monoisotopic (exact) mass is 436 g/mol. The van der Waals surface area contributed by atoms with E-state index in [1.165, 1.54) is 18.9 Å². The minimum Gasteiger partial charge on any atom is -0.358 e. The highest BCUT2D eigenvalue weighted by Gasteiger charge is 2.34. The number of halogens is 1. The van der Waals surface area contributed by atoms with Crippen molar-refractivity contribution in [1.82, 2.24) is 15.2 Å². The van der Waals surface area contributed by atoms with Crippen molar-refractivity contribution in [2.45, 2.75) is 45.4 Å². The molecule has 1 aliphatic carbocycles. The molecule has 3 heterocycles. The van der Waals surface area contributed by atoms with E-state index in [2.05, 4.69) is 20.5 Å². The average molecular weight is 437 g/mol. The Morgan fingerprint density at radius 3 is 2.81 bits per heavy atom. The van der Waals surface area contributed by atoms with Crippen molar-refractivity contribution in [3.63, 3.8) is 0 Å². The lowest BCUT2D eigenvalue weighted by molar-refractivity contribution is -0.110. The molecule has 0 atom stereocenters. The number of hydrogen-bond donors (Lipinski definition) is 3. The zero-order chi connectivity index (χ0) is 22.2. The second-order valence-electron chi connectivity index (χ2n) is 8.96. The van der Waals surface area contributed by atoms with Gasteiger partial charge in [0, 0.05) is 23.5 Å². The van der Waals surface area contributed by atoms with Crippen LogP contribution in [-0.4, -0.2) is 47.9 Å². The fourth-order valence-electron chi connectivity index (χ4n) is 5.38. The predicted molar refractivity (Wildman–Crippen MR) is 123 cm³/mol. The number of carbonyl (C=O) groups excluding carboxylic acids is 2. The maximum Gasteiger partial charge on any atom is 0.256 e. The summed E-state index contributed by atoms with van der Waals surface area (Å²) in [5, 5.41) is 5.86. The molecule has 6 nitrogen and oxygen atoms in total. The summed E-state index contributed by atoms with van der Waals surface area (Å²) in [6.07, 6.45) is 5.72. The fourth-order valence-corrected chi connectivity index (χ4v) is 5.38. The number of allylic oxidation sites excluding steroid dienone is 1. The van der Waals surface area contributed by atoms with E-state index in [-0.39, 0.29) is 11.8 Å². The lowest BCUT2D eigenvalue weighted by Crippen LogP contribution is -2.29. The van der Waals surface area contributed by atoms with Gasteiger partial charge in [-0.15, -0.1) is 0 Å². The van der Waals surface area contributed by atoms with Gasteiger partial charge < -0.3 is 20.5 Å². The van der Waals surface area contributed by atoms with Gasteiger partial charge in [0.25, 0.3) is 11.8 Å². The molecule has 1 fully saturated rings. The predicted octanol–water partition coefficient (Wildman–Crippen LogP) is 3.88.